The number of nitrogens with one attached hydrogen (secondary N) is 2. The van der Waals surface area contributed by atoms with Gasteiger partial charge in [-0.15, -0.1) is 24.0 Å². The Morgan fingerprint density at radius 3 is 2.52 bits per heavy atom. The maximum absolute atomic E-state index is 13.2. The van der Waals surface area contributed by atoms with Crippen molar-refractivity contribution in [1.82, 2.24) is 10.2 Å². The first-order chi connectivity index (χ1) is 11.6. The van der Waals surface area contributed by atoms with Gasteiger partial charge in [0.1, 0.15) is 5.82 Å². The first kappa shape index (κ1) is 20.9. The molecule has 0 bridgehead atoms. The minimum absolute atomic E-state index is 0. The monoisotopic (exact) mass is 456 g/mol. The third-order valence-electron chi connectivity index (χ3n) is 3.35. The van der Waals surface area contributed by atoms with Crippen LogP contribution in [0, 0.1) is 5.82 Å². The van der Waals surface area contributed by atoms with E-state index in [9.17, 15) is 9.18 Å². The summed E-state index contributed by atoms with van der Waals surface area (Å²) in [6, 6.07) is 15.6. The van der Waals surface area contributed by atoms with E-state index in [0.717, 1.165) is 11.3 Å². The Kier molecular flexibility index (Phi) is 8.90. The fourth-order valence-corrected chi connectivity index (χ4v) is 2.25. The van der Waals surface area contributed by atoms with E-state index >= 15 is 0 Å². The van der Waals surface area contributed by atoms with Gasteiger partial charge in [0.05, 0.1) is 6.54 Å². The third-order valence-corrected chi connectivity index (χ3v) is 3.35. The molecule has 2 rings (SSSR count). The van der Waals surface area contributed by atoms with Crippen molar-refractivity contribution >= 4 is 41.5 Å². The van der Waals surface area contributed by atoms with Crippen molar-refractivity contribution in [3.05, 3.63) is 66.0 Å². The third kappa shape index (κ3) is 7.08. The number of aliphatic imine (C=N–C) groups is 1. The van der Waals surface area contributed by atoms with Gasteiger partial charge in [-0.05, 0) is 29.8 Å². The molecule has 0 saturated heterocycles. The summed E-state index contributed by atoms with van der Waals surface area (Å²) >= 11 is 0. The van der Waals surface area contributed by atoms with Crippen molar-refractivity contribution in [2.24, 2.45) is 4.99 Å². The van der Waals surface area contributed by atoms with Gasteiger partial charge in [0, 0.05) is 26.3 Å². The summed E-state index contributed by atoms with van der Waals surface area (Å²) in [7, 11) is 3.47. The Morgan fingerprint density at radius 2 is 1.88 bits per heavy atom. The number of para-hydroxylation sites is 1. The van der Waals surface area contributed by atoms with E-state index < -0.39 is 0 Å². The number of amides is 1. The number of hydrogen-bond donors (Lipinski definition) is 2. The maximum atomic E-state index is 13.2. The topological polar surface area (TPSA) is 56.7 Å². The molecule has 0 fully saturated rings. The van der Waals surface area contributed by atoms with Gasteiger partial charge in [0.2, 0.25) is 5.91 Å². The molecule has 0 aromatic heterocycles. The number of nitrogens with zero attached hydrogens (tertiary/aromatic N) is 2. The zero-order chi connectivity index (χ0) is 17.4. The van der Waals surface area contributed by atoms with E-state index in [4.69, 9.17) is 0 Å². The lowest BCUT2D eigenvalue weighted by Crippen LogP contribution is -2.42. The van der Waals surface area contributed by atoms with Crippen LogP contribution in [0.3, 0.4) is 0 Å². The molecule has 0 saturated carbocycles. The Hall–Kier alpha value is -2.16. The van der Waals surface area contributed by atoms with Gasteiger partial charge in [-0.2, -0.15) is 0 Å². The molecule has 134 valence electrons. The van der Waals surface area contributed by atoms with Crippen molar-refractivity contribution in [3.8, 4) is 0 Å². The molecule has 2 aromatic carbocycles. The van der Waals surface area contributed by atoms with Crippen molar-refractivity contribution in [2.45, 2.75) is 6.54 Å². The second kappa shape index (κ2) is 10.7. The number of guanidine groups is 1. The minimum atomic E-state index is -0.272. The molecule has 0 aliphatic rings. The molecular formula is C18H22FIN4O. The molecule has 0 heterocycles. The highest BCUT2D eigenvalue weighted by Gasteiger charge is 2.09. The SMILES string of the molecule is CN=C(NCC(=O)Nc1ccccc1)N(C)Cc1cccc(F)c1.I. The fraction of sp³-hybridized carbons (Fsp3) is 0.222. The zero-order valence-electron chi connectivity index (χ0n) is 14.2. The Labute approximate surface area is 164 Å². The number of halogens is 2. The molecule has 25 heavy (non-hydrogen) atoms. The van der Waals surface area contributed by atoms with Crippen molar-refractivity contribution < 1.29 is 9.18 Å². The molecule has 0 atom stereocenters. The van der Waals surface area contributed by atoms with Gasteiger partial charge in [-0.25, -0.2) is 4.39 Å². The number of carbonyl (C=O) groups excluding carboxylic acids is 1. The molecule has 0 aliphatic heterocycles. The van der Waals surface area contributed by atoms with E-state index in [1.54, 1.807) is 13.1 Å². The number of benzene rings is 2. The molecule has 0 radical (unpaired) electrons. The van der Waals surface area contributed by atoms with Crippen LogP contribution in [0.15, 0.2) is 59.6 Å². The van der Waals surface area contributed by atoms with Crippen LogP contribution in [0.5, 0.6) is 0 Å². The number of anilines is 1. The largest absolute Gasteiger partial charge is 0.347 e. The number of carbonyl (C=O) groups is 1. The van der Waals surface area contributed by atoms with Crippen LogP contribution in [-0.2, 0) is 11.3 Å². The first-order valence-corrected chi connectivity index (χ1v) is 7.59. The predicted molar refractivity (Wildman–Crippen MR) is 110 cm³/mol. The van der Waals surface area contributed by atoms with E-state index in [1.165, 1.54) is 12.1 Å². The quantitative estimate of drug-likeness (QED) is 0.413. The average Bonchev–Trinajstić information content (AvgIpc) is 2.56. The predicted octanol–water partition coefficient (Wildman–Crippen LogP) is 3.09. The summed E-state index contributed by atoms with van der Waals surface area (Å²) in [5, 5.41) is 5.79. The van der Waals surface area contributed by atoms with E-state index in [0.29, 0.717) is 12.5 Å². The standard InChI is InChI=1S/C18H21FN4O.HI/c1-20-18(23(2)13-14-7-6-8-15(19)11-14)21-12-17(24)22-16-9-4-3-5-10-16;/h3-11H,12-13H2,1-2H3,(H,20,21)(H,22,24);1H. The maximum Gasteiger partial charge on any atom is 0.243 e. The second-order valence-corrected chi connectivity index (χ2v) is 5.30. The van der Waals surface area contributed by atoms with Crippen molar-refractivity contribution in [2.75, 3.05) is 26.0 Å². The first-order valence-electron chi connectivity index (χ1n) is 7.59. The molecule has 7 heteroatoms. The number of hydrogen-bond acceptors (Lipinski definition) is 2. The Morgan fingerprint density at radius 1 is 1.16 bits per heavy atom. The lowest BCUT2D eigenvalue weighted by Gasteiger charge is -2.22. The lowest BCUT2D eigenvalue weighted by molar-refractivity contribution is -0.115. The van der Waals surface area contributed by atoms with E-state index in [2.05, 4.69) is 15.6 Å². The minimum Gasteiger partial charge on any atom is -0.347 e. The zero-order valence-corrected chi connectivity index (χ0v) is 16.5. The van der Waals surface area contributed by atoms with Crippen LogP contribution in [0.2, 0.25) is 0 Å². The molecule has 0 unspecified atom stereocenters. The summed E-state index contributed by atoms with van der Waals surface area (Å²) in [6.45, 7) is 0.576. The molecule has 0 spiro atoms. The van der Waals surface area contributed by atoms with Gasteiger partial charge in [0.15, 0.2) is 5.96 Å². The second-order valence-electron chi connectivity index (χ2n) is 5.30. The van der Waals surface area contributed by atoms with Gasteiger partial charge >= 0.3 is 0 Å². The Bertz CT molecular complexity index is 709. The lowest BCUT2D eigenvalue weighted by atomic mass is 10.2. The molecular weight excluding hydrogens is 434 g/mol. The van der Waals surface area contributed by atoms with Gasteiger partial charge < -0.3 is 15.5 Å². The van der Waals surface area contributed by atoms with Crippen LogP contribution in [-0.4, -0.2) is 37.4 Å². The molecule has 2 aromatic rings. The van der Waals surface area contributed by atoms with Crippen LogP contribution in [0.1, 0.15) is 5.56 Å². The van der Waals surface area contributed by atoms with Gasteiger partial charge in [0.25, 0.3) is 0 Å². The van der Waals surface area contributed by atoms with Crippen LogP contribution < -0.4 is 10.6 Å². The van der Waals surface area contributed by atoms with Crippen LogP contribution in [0.25, 0.3) is 0 Å². The van der Waals surface area contributed by atoms with Crippen LogP contribution in [0.4, 0.5) is 10.1 Å². The highest BCUT2D eigenvalue weighted by atomic mass is 127. The summed E-state index contributed by atoms with van der Waals surface area (Å²) < 4.78 is 13.2. The van der Waals surface area contributed by atoms with E-state index in [1.807, 2.05) is 48.3 Å². The smallest absolute Gasteiger partial charge is 0.243 e. The molecule has 2 N–H and O–H groups in total. The Balaban J connectivity index is 0.00000312. The highest BCUT2D eigenvalue weighted by Crippen LogP contribution is 2.07. The number of rotatable bonds is 5. The van der Waals surface area contributed by atoms with Crippen LogP contribution >= 0.6 is 24.0 Å². The normalized spacial score (nSPS) is 10.6. The average molecular weight is 456 g/mol. The summed E-state index contributed by atoms with van der Waals surface area (Å²) in [5.74, 6) is 0.120. The molecule has 0 aliphatic carbocycles. The van der Waals surface area contributed by atoms with E-state index in [-0.39, 0.29) is 42.2 Å². The summed E-state index contributed by atoms with van der Waals surface area (Å²) in [4.78, 5) is 17.9. The summed E-state index contributed by atoms with van der Waals surface area (Å²) in [6.07, 6.45) is 0. The fourth-order valence-electron chi connectivity index (χ4n) is 2.25. The highest BCUT2D eigenvalue weighted by molar-refractivity contribution is 14.0. The molecule has 5 nitrogen and oxygen atoms in total. The van der Waals surface area contributed by atoms with Crippen molar-refractivity contribution in [1.29, 1.82) is 0 Å². The van der Waals surface area contributed by atoms with Crippen molar-refractivity contribution in [3.63, 3.8) is 0 Å². The summed E-state index contributed by atoms with van der Waals surface area (Å²) in [5.41, 5.74) is 1.57. The van der Waals surface area contributed by atoms with Gasteiger partial charge in [-0.1, -0.05) is 30.3 Å². The molecule has 1 amide bonds. The van der Waals surface area contributed by atoms with Gasteiger partial charge in [-0.3, -0.25) is 9.79 Å².